The van der Waals surface area contributed by atoms with Crippen LogP contribution in [0.4, 0.5) is 11.5 Å². The van der Waals surface area contributed by atoms with Crippen LogP contribution < -0.4 is 10.1 Å². The van der Waals surface area contributed by atoms with Crippen LogP contribution in [-0.4, -0.2) is 47.7 Å². The molecule has 2 aromatic rings. The summed E-state index contributed by atoms with van der Waals surface area (Å²) in [6.45, 7) is 2.46. The first-order valence-electron chi connectivity index (χ1n) is 8.96. The lowest BCUT2D eigenvalue weighted by atomic mass is 10.3. The highest BCUT2D eigenvalue weighted by molar-refractivity contribution is 7.89. The van der Waals surface area contributed by atoms with E-state index in [1.807, 2.05) is 0 Å². The van der Waals surface area contributed by atoms with Crippen molar-refractivity contribution in [1.82, 2.24) is 9.29 Å². The number of aromatic nitrogens is 1. The van der Waals surface area contributed by atoms with Crippen LogP contribution in [0.5, 0.6) is 5.75 Å². The second-order valence-corrected chi connectivity index (χ2v) is 8.41. The Kier molecular flexibility index (Phi) is 6.09. The highest BCUT2D eigenvalue weighted by Crippen LogP contribution is 2.25. The Hall–Kier alpha value is -3.05. The van der Waals surface area contributed by atoms with E-state index in [-0.39, 0.29) is 10.6 Å². The van der Waals surface area contributed by atoms with Gasteiger partial charge >= 0.3 is 5.82 Å². The van der Waals surface area contributed by atoms with E-state index in [1.165, 1.54) is 53.8 Å². The number of nitro groups is 1. The summed E-state index contributed by atoms with van der Waals surface area (Å²) in [5.41, 5.74) is 0.381. The topological polar surface area (TPSA) is 132 Å². The third-order valence-electron chi connectivity index (χ3n) is 4.42. The van der Waals surface area contributed by atoms with Crippen LogP contribution in [0.25, 0.3) is 0 Å². The van der Waals surface area contributed by atoms with E-state index in [9.17, 15) is 23.3 Å². The quantitative estimate of drug-likeness (QED) is 0.536. The number of amides is 1. The van der Waals surface area contributed by atoms with Crippen molar-refractivity contribution in [2.45, 2.75) is 30.8 Å². The summed E-state index contributed by atoms with van der Waals surface area (Å²) in [6, 6.07) is 8.65. The van der Waals surface area contributed by atoms with Crippen molar-refractivity contribution < 1.29 is 22.9 Å². The summed E-state index contributed by atoms with van der Waals surface area (Å²) in [6.07, 6.45) is 1.92. The molecule has 11 heteroatoms. The highest BCUT2D eigenvalue weighted by Gasteiger charge is 2.27. The average Bonchev–Trinajstić information content (AvgIpc) is 3.24. The van der Waals surface area contributed by atoms with Crippen molar-refractivity contribution in [2.75, 3.05) is 18.4 Å². The molecule has 1 aromatic heterocycles. The smallest absolute Gasteiger partial charge is 0.406 e. The van der Waals surface area contributed by atoms with Gasteiger partial charge in [-0.3, -0.25) is 4.79 Å². The Bertz CT molecular complexity index is 1000. The van der Waals surface area contributed by atoms with Crippen molar-refractivity contribution in [3.05, 3.63) is 52.7 Å². The van der Waals surface area contributed by atoms with Gasteiger partial charge in [-0.25, -0.2) is 8.42 Å². The first-order valence-corrected chi connectivity index (χ1v) is 10.4. The van der Waals surface area contributed by atoms with Gasteiger partial charge in [-0.2, -0.15) is 4.31 Å². The van der Waals surface area contributed by atoms with Gasteiger partial charge in [-0.05, 0) is 66.1 Å². The molecule has 1 atom stereocenters. The van der Waals surface area contributed by atoms with Crippen molar-refractivity contribution >= 4 is 27.4 Å². The first-order chi connectivity index (χ1) is 13.8. The first kappa shape index (κ1) is 20.7. The molecule has 0 saturated carbocycles. The number of hydrogen-bond donors (Lipinski definition) is 1. The number of carbonyl (C=O) groups excluding carboxylic acids is 1. The second-order valence-electron chi connectivity index (χ2n) is 6.47. The minimum Gasteiger partial charge on any atom is -0.473 e. The second kappa shape index (κ2) is 8.53. The van der Waals surface area contributed by atoms with Gasteiger partial charge in [0.1, 0.15) is 6.20 Å². The monoisotopic (exact) mass is 420 g/mol. The van der Waals surface area contributed by atoms with E-state index >= 15 is 0 Å². The van der Waals surface area contributed by atoms with Crippen molar-refractivity contribution in [1.29, 1.82) is 0 Å². The van der Waals surface area contributed by atoms with Gasteiger partial charge in [0.15, 0.2) is 6.10 Å². The van der Waals surface area contributed by atoms with E-state index in [1.54, 1.807) is 0 Å². The molecule has 0 radical (unpaired) electrons. The molecule has 154 valence electrons. The Morgan fingerprint density at radius 1 is 1.24 bits per heavy atom. The average molecular weight is 420 g/mol. The Morgan fingerprint density at radius 3 is 2.52 bits per heavy atom. The number of nitrogens with one attached hydrogen (secondary N) is 1. The van der Waals surface area contributed by atoms with Gasteiger partial charge in [0, 0.05) is 18.8 Å². The number of pyridine rings is 1. The summed E-state index contributed by atoms with van der Waals surface area (Å²) < 4.78 is 31.9. The molecule has 1 aliphatic rings. The maximum atomic E-state index is 12.5. The fourth-order valence-corrected chi connectivity index (χ4v) is 4.40. The standard InChI is InChI=1S/C18H20N4O6S/c1-13(28-16-5-4-10-19-17(16)22(24)25)18(23)20-14-6-8-15(9-7-14)29(26,27)21-11-2-3-12-21/h4-10,13H,2-3,11-12H2,1H3,(H,20,23). The summed E-state index contributed by atoms with van der Waals surface area (Å²) in [5.74, 6) is -1.14. The maximum Gasteiger partial charge on any atom is 0.406 e. The number of carbonyl (C=O) groups is 1. The fourth-order valence-electron chi connectivity index (χ4n) is 2.89. The molecule has 1 aliphatic heterocycles. The summed E-state index contributed by atoms with van der Waals surface area (Å²) in [4.78, 5) is 26.4. The molecule has 1 N–H and O–H groups in total. The predicted octanol–water partition coefficient (Wildman–Crippen LogP) is 2.18. The molecule has 1 amide bonds. The molecule has 1 fully saturated rings. The fraction of sp³-hybridized carbons (Fsp3) is 0.333. The third-order valence-corrected chi connectivity index (χ3v) is 6.33. The predicted molar refractivity (Wildman–Crippen MR) is 104 cm³/mol. The lowest BCUT2D eigenvalue weighted by Gasteiger charge is -2.16. The maximum absolute atomic E-state index is 12.5. The molecule has 0 bridgehead atoms. The summed E-state index contributed by atoms with van der Waals surface area (Å²) >= 11 is 0. The number of ether oxygens (including phenoxy) is 1. The summed E-state index contributed by atoms with van der Waals surface area (Å²) in [5, 5.41) is 13.6. The van der Waals surface area contributed by atoms with E-state index < -0.39 is 32.8 Å². The molecule has 10 nitrogen and oxygen atoms in total. The number of rotatable bonds is 7. The van der Waals surface area contributed by atoms with Gasteiger partial charge < -0.3 is 20.2 Å². The number of nitrogens with zero attached hydrogens (tertiary/aromatic N) is 3. The van der Waals surface area contributed by atoms with Crippen LogP contribution in [0.15, 0.2) is 47.5 Å². The van der Waals surface area contributed by atoms with Crippen molar-refractivity contribution in [3.8, 4) is 5.75 Å². The normalized spacial score (nSPS) is 15.6. The zero-order valence-corrected chi connectivity index (χ0v) is 16.5. The molecular weight excluding hydrogens is 400 g/mol. The highest BCUT2D eigenvalue weighted by atomic mass is 32.2. The zero-order chi connectivity index (χ0) is 21.0. The third kappa shape index (κ3) is 4.69. The van der Waals surface area contributed by atoms with Gasteiger partial charge in [0.05, 0.1) is 4.90 Å². The Labute approximate surface area is 167 Å². The van der Waals surface area contributed by atoms with Gasteiger partial charge in [0.25, 0.3) is 5.91 Å². The number of sulfonamides is 1. The molecule has 1 aromatic carbocycles. The molecule has 1 saturated heterocycles. The minimum atomic E-state index is -3.53. The Morgan fingerprint density at radius 2 is 1.90 bits per heavy atom. The van der Waals surface area contributed by atoms with Crippen molar-refractivity contribution in [2.24, 2.45) is 0 Å². The van der Waals surface area contributed by atoms with Crippen LogP contribution in [0.3, 0.4) is 0 Å². The number of hydrogen-bond acceptors (Lipinski definition) is 7. The molecule has 29 heavy (non-hydrogen) atoms. The van der Waals surface area contributed by atoms with Gasteiger partial charge in [-0.15, -0.1) is 0 Å². The van der Waals surface area contributed by atoms with Crippen molar-refractivity contribution in [3.63, 3.8) is 0 Å². The van der Waals surface area contributed by atoms with Crippen LogP contribution in [0, 0.1) is 10.1 Å². The minimum absolute atomic E-state index is 0.118. The lowest BCUT2D eigenvalue weighted by molar-refractivity contribution is -0.390. The molecule has 0 aliphatic carbocycles. The van der Waals surface area contributed by atoms with Gasteiger partial charge in [-0.1, -0.05) is 0 Å². The largest absolute Gasteiger partial charge is 0.473 e. The van der Waals surface area contributed by atoms with E-state index in [2.05, 4.69) is 10.3 Å². The van der Waals surface area contributed by atoms with Crippen LogP contribution in [0.2, 0.25) is 0 Å². The molecular formula is C18H20N4O6S. The van der Waals surface area contributed by atoms with Crippen LogP contribution in [-0.2, 0) is 14.8 Å². The van der Waals surface area contributed by atoms with Crippen LogP contribution in [0.1, 0.15) is 19.8 Å². The molecule has 2 heterocycles. The Balaban J connectivity index is 1.65. The van der Waals surface area contributed by atoms with Gasteiger partial charge in [0.2, 0.25) is 15.8 Å². The van der Waals surface area contributed by atoms with Crippen LogP contribution >= 0.6 is 0 Å². The lowest BCUT2D eigenvalue weighted by Crippen LogP contribution is -2.30. The van der Waals surface area contributed by atoms with E-state index in [4.69, 9.17) is 4.74 Å². The molecule has 0 spiro atoms. The number of anilines is 1. The van der Waals surface area contributed by atoms with E-state index in [0.717, 1.165) is 12.8 Å². The summed E-state index contributed by atoms with van der Waals surface area (Å²) in [7, 11) is -3.53. The SMILES string of the molecule is CC(Oc1cccnc1[N+](=O)[O-])C(=O)Nc1ccc(S(=O)(=O)N2CCCC2)cc1. The van der Waals surface area contributed by atoms with E-state index in [0.29, 0.717) is 18.8 Å². The zero-order valence-electron chi connectivity index (χ0n) is 15.6. The number of benzene rings is 1. The molecule has 3 rings (SSSR count). The molecule has 1 unspecified atom stereocenters.